The van der Waals surface area contributed by atoms with Crippen LogP contribution in [0.4, 0.5) is 0 Å². The molecule has 0 amide bonds. The Morgan fingerprint density at radius 2 is 2.20 bits per heavy atom. The van der Waals surface area contributed by atoms with Crippen LogP contribution in [0.2, 0.25) is 0 Å². The highest BCUT2D eigenvalue weighted by Crippen LogP contribution is 2.21. The summed E-state index contributed by atoms with van der Waals surface area (Å²) in [5.41, 5.74) is -0.240. The molecule has 0 rings (SSSR count). The Bertz CT molecular complexity index is 82.0. The van der Waals surface area contributed by atoms with Gasteiger partial charge in [0.15, 0.2) is 0 Å². The van der Waals surface area contributed by atoms with Crippen molar-refractivity contribution in [2.75, 3.05) is 19.5 Å². The molecular weight excluding hydrogens is 195 g/mol. The first-order valence-corrected chi connectivity index (χ1v) is 4.68. The monoisotopic (exact) mass is 204 g/mol. The van der Waals surface area contributed by atoms with Crippen molar-refractivity contribution in [3.8, 4) is 0 Å². The highest BCUT2D eigenvalue weighted by atomic mass is 35.5. The minimum absolute atomic E-state index is 0.116. The summed E-state index contributed by atoms with van der Waals surface area (Å²) in [4.78, 5) is -0.540. The fourth-order valence-electron chi connectivity index (χ4n) is 0.413. The van der Waals surface area contributed by atoms with Gasteiger partial charge in [-0.3, -0.25) is 0 Å². The Kier molecular flexibility index (Phi) is 7.11. The minimum Gasteiger partial charge on any atom is -0.396 e. The summed E-state index contributed by atoms with van der Waals surface area (Å²) in [5, 5.41) is 8.43. The van der Waals surface area contributed by atoms with Gasteiger partial charge >= 0.3 is 0 Å². The first-order chi connectivity index (χ1) is 4.72. The van der Waals surface area contributed by atoms with Crippen molar-refractivity contribution < 1.29 is 9.84 Å². The number of methoxy groups -OCH3 is 1. The van der Waals surface area contributed by atoms with Crippen LogP contribution in [0.15, 0.2) is 0 Å². The van der Waals surface area contributed by atoms with Crippen molar-refractivity contribution >= 4 is 35.0 Å². The molecule has 0 aliphatic rings. The molecule has 0 aliphatic carbocycles. The van der Waals surface area contributed by atoms with E-state index in [0.29, 0.717) is 5.75 Å². The normalized spacial score (nSPS) is 14.1. The smallest absolute Gasteiger partial charge is 0.143 e. The summed E-state index contributed by atoms with van der Waals surface area (Å²) < 4.78 is 4.90. The molecule has 0 aromatic heterocycles. The molecule has 0 saturated heterocycles. The number of hydrogen-bond donors (Lipinski definition) is 1. The highest BCUT2D eigenvalue weighted by Gasteiger charge is 2.15. The molecule has 0 bridgehead atoms. The van der Waals surface area contributed by atoms with E-state index in [1.54, 1.807) is 0 Å². The van der Waals surface area contributed by atoms with E-state index >= 15 is 0 Å². The van der Waals surface area contributed by atoms with Gasteiger partial charge in [-0.2, -0.15) is 0 Å². The third-order valence-corrected chi connectivity index (χ3v) is 2.78. The Labute approximate surface area is 74.8 Å². The first kappa shape index (κ1) is 10.8. The fourth-order valence-corrected chi connectivity index (χ4v) is 1.67. The lowest BCUT2D eigenvalue weighted by Gasteiger charge is -2.14. The van der Waals surface area contributed by atoms with Crippen LogP contribution in [-0.4, -0.2) is 34.8 Å². The quantitative estimate of drug-likeness (QED) is 0.544. The highest BCUT2D eigenvalue weighted by molar-refractivity contribution is 7.99. The van der Waals surface area contributed by atoms with Gasteiger partial charge in [0.05, 0.1) is 6.61 Å². The van der Waals surface area contributed by atoms with Crippen LogP contribution in [-0.2, 0) is 4.74 Å². The lowest BCUT2D eigenvalue weighted by Crippen LogP contribution is -2.15. The predicted octanol–water partition coefficient (Wildman–Crippen LogP) is 1.49. The molecule has 0 spiro atoms. The molecule has 0 aromatic rings. The zero-order valence-electron chi connectivity index (χ0n) is 5.59. The van der Waals surface area contributed by atoms with Crippen molar-refractivity contribution in [2.24, 2.45) is 0 Å². The molecule has 0 radical (unpaired) electrons. The minimum atomic E-state index is -0.540. The molecule has 62 valence electrons. The van der Waals surface area contributed by atoms with E-state index in [0.717, 1.165) is 0 Å². The second-order valence-electron chi connectivity index (χ2n) is 1.53. The Morgan fingerprint density at radius 3 is 2.50 bits per heavy atom. The van der Waals surface area contributed by atoms with Crippen molar-refractivity contribution in [3.05, 3.63) is 0 Å². The maximum atomic E-state index is 8.43. The molecule has 1 N–H and O–H groups in total. The number of ether oxygens (including phenoxy) is 1. The fraction of sp³-hybridized carbons (Fsp3) is 1.00. The third-order valence-electron chi connectivity index (χ3n) is 0.811. The zero-order chi connectivity index (χ0) is 7.98. The van der Waals surface area contributed by atoms with Gasteiger partial charge in [0.1, 0.15) is 10.3 Å². The second kappa shape index (κ2) is 6.55. The van der Waals surface area contributed by atoms with Gasteiger partial charge in [0.25, 0.3) is 0 Å². The summed E-state index contributed by atoms with van der Waals surface area (Å²) in [7, 11) is 1.53. The largest absolute Gasteiger partial charge is 0.396 e. The van der Waals surface area contributed by atoms with E-state index in [4.69, 9.17) is 33.0 Å². The topological polar surface area (TPSA) is 29.5 Å². The van der Waals surface area contributed by atoms with Crippen LogP contribution in [0.25, 0.3) is 0 Å². The number of alkyl halides is 2. The van der Waals surface area contributed by atoms with Gasteiger partial charge < -0.3 is 9.84 Å². The van der Waals surface area contributed by atoms with Crippen LogP contribution in [0, 0.1) is 0 Å². The Morgan fingerprint density at radius 1 is 1.60 bits per heavy atom. The van der Waals surface area contributed by atoms with Crippen molar-refractivity contribution in [1.82, 2.24) is 0 Å². The standard InChI is InChI=1S/C5H10Cl2O2S/c1-9-5(4(6)7)10-3-2-8/h4-5,8H,2-3H2,1H3. The average molecular weight is 205 g/mol. The molecule has 1 unspecified atom stereocenters. The van der Waals surface area contributed by atoms with Gasteiger partial charge in [0.2, 0.25) is 0 Å². The second-order valence-corrected chi connectivity index (χ2v) is 3.90. The van der Waals surface area contributed by atoms with Gasteiger partial charge in [-0.05, 0) is 0 Å². The van der Waals surface area contributed by atoms with E-state index in [1.807, 2.05) is 0 Å². The molecular formula is C5H10Cl2O2S. The summed E-state index contributed by atoms with van der Waals surface area (Å²) in [5.74, 6) is 0.592. The number of aliphatic hydroxyl groups is 1. The average Bonchev–Trinajstić information content (AvgIpc) is 1.89. The summed E-state index contributed by atoms with van der Waals surface area (Å²) in [6.45, 7) is 0.116. The summed E-state index contributed by atoms with van der Waals surface area (Å²) in [6, 6.07) is 0. The van der Waals surface area contributed by atoms with E-state index < -0.39 is 4.84 Å². The molecule has 0 aromatic carbocycles. The van der Waals surface area contributed by atoms with Gasteiger partial charge in [0, 0.05) is 12.9 Å². The van der Waals surface area contributed by atoms with E-state index in [1.165, 1.54) is 18.9 Å². The molecule has 5 heteroatoms. The number of halogens is 2. The summed E-state index contributed by atoms with van der Waals surface area (Å²) >= 11 is 12.4. The SMILES string of the molecule is COC(SCCO)C(Cl)Cl. The zero-order valence-corrected chi connectivity index (χ0v) is 7.92. The number of thioether (sulfide) groups is 1. The first-order valence-electron chi connectivity index (χ1n) is 2.75. The third kappa shape index (κ3) is 4.63. The maximum absolute atomic E-state index is 8.43. The van der Waals surface area contributed by atoms with Crippen LogP contribution in [0.5, 0.6) is 0 Å². The van der Waals surface area contributed by atoms with E-state index in [-0.39, 0.29) is 12.0 Å². The predicted molar refractivity (Wildman–Crippen MR) is 45.8 cm³/mol. The van der Waals surface area contributed by atoms with Crippen LogP contribution in [0.3, 0.4) is 0 Å². The van der Waals surface area contributed by atoms with Gasteiger partial charge in [-0.15, -0.1) is 35.0 Å². The molecule has 0 saturated carbocycles. The molecule has 0 heterocycles. The maximum Gasteiger partial charge on any atom is 0.143 e. The van der Waals surface area contributed by atoms with Crippen LogP contribution in [0.1, 0.15) is 0 Å². The molecule has 2 nitrogen and oxygen atoms in total. The number of rotatable bonds is 5. The molecule has 1 atom stereocenters. The van der Waals surface area contributed by atoms with E-state index in [2.05, 4.69) is 0 Å². The van der Waals surface area contributed by atoms with Crippen LogP contribution < -0.4 is 0 Å². The molecule has 0 fully saturated rings. The van der Waals surface area contributed by atoms with E-state index in [9.17, 15) is 0 Å². The summed E-state index contributed by atoms with van der Waals surface area (Å²) in [6.07, 6.45) is 0. The van der Waals surface area contributed by atoms with Crippen molar-refractivity contribution in [3.63, 3.8) is 0 Å². The lowest BCUT2D eigenvalue weighted by molar-refractivity contribution is 0.183. The Balaban J connectivity index is 3.40. The van der Waals surface area contributed by atoms with Gasteiger partial charge in [-0.1, -0.05) is 0 Å². The number of aliphatic hydroxyl groups excluding tert-OH is 1. The van der Waals surface area contributed by atoms with Crippen LogP contribution >= 0.6 is 35.0 Å². The molecule has 10 heavy (non-hydrogen) atoms. The molecule has 0 aliphatic heterocycles. The van der Waals surface area contributed by atoms with Gasteiger partial charge in [-0.25, -0.2) is 0 Å². The van der Waals surface area contributed by atoms with Crippen molar-refractivity contribution in [1.29, 1.82) is 0 Å². The van der Waals surface area contributed by atoms with Crippen molar-refractivity contribution in [2.45, 2.75) is 10.3 Å². The Hall–Kier alpha value is 0.850. The lowest BCUT2D eigenvalue weighted by atomic mass is 10.8. The number of hydrogen-bond acceptors (Lipinski definition) is 3.